The maximum Gasteiger partial charge on any atom is 0.362 e. The van der Waals surface area contributed by atoms with E-state index in [9.17, 15) is 27.9 Å². The molecule has 0 radical (unpaired) electrons. The fourth-order valence-electron chi connectivity index (χ4n) is 2.34. The molecule has 0 aromatic carbocycles. The SMILES string of the molecule is [2H]C([2H])([2H])[C@@](C)(O/N=C(\C(=O)C[C@@H]1C(=O)N(S(=O)(=O)O)[C@H]1C)c1csc(N)n1)C(=O)O. The highest BCUT2D eigenvalue weighted by molar-refractivity contribution is 7.84. The Hall–Kier alpha value is -2.58. The molecule has 0 aliphatic carbocycles. The lowest BCUT2D eigenvalue weighted by Crippen LogP contribution is -2.62. The molecule has 1 aromatic heterocycles. The van der Waals surface area contributed by atoms with Gasteiger partial charge in [-0.1, -0.05) is 5.16 Å². The monoisotopic (exact) mass is 437 g/mol. The van der Waals surface area contributed by atoms with Crippen molar-refractivity contribution < 1.29 is 41.4 Å². The van der Waals surface area contributed by atoms with E-state index in [0.717, 1.165) is 18.3 Å². The van der Waals surface area contributed by atoms with E-state index in [4.69, 9.17) is 19.2 Å². The number of carbonyl (C=O) groups excluding carboxylic acids is 2. The first kappa shape index (κ1) is 17.5. The summed E-state index contributed by atoms with van der Waals surface area (Å²) in [5, 5.41) is 14.0. The Kier molecular flexibility index (Phi) is 4.66. The van der Waals surface area contributed by atoms with Gasteiger partial charge in [-0.25, -0.2) is 14.1 Å². The molecule has 1 fully saturated rings. The number of carbonyl (C=O) groups is 3. The number of carboxylic acids is 1. The van der Waals surface area contributed by atoms with Crippen LogP contribution in [0.5, 0.6) is 0 Å². The Morgan fingerprint density at radius 3 is 2.64 bits per heavy atom. The average Bonchev–Trinajstić information content (AvgIpc) is 3.03. The Morgan fingerprint density at radius 1 is 1.57 bits per heavy atom. The molecule has 28 heavy (non-hydrogen) atoms. The summed E-state index contributed by atoms with van der Waals surface area (Å²) in [5.74, 6) is -4.94. The predicted octanol–water partition coefficient (Wildman–Crippen LogP) is -0.0819. The largest absolute Gasteiger partial charge is 0.478 e. The molecule has 14 heteroatoms. The van der Waals surface area contributed by atoms with E-state index < -0.39 is 64.5 Å². The molecule has 154 valence electrons. The lowest BCUT2D eigenvalue weighted by molar-refractivity contribution is -0.161. The van der Waals surface area contributed by atoms with Crippen LogP contribution in [0.15, 0.2) is 10.5 Å². The fourth-order valence-corrected chi connectivity index (χ4v) is 3.82. The second kappa shape index (κ2) is 7.44. The number of thiazole rings is 1. The summed E-state index contributed by atoms with van der Waals surface area (Å²) < 4.78 is 53.7. The van der Waals surface area contributed by atoms with Crippen LogP contribution in [-0.2, 0) is 29.5 Å². The summed E-state index contributed by atoms with van der Waals surface area (Å²) in [6.45, 7) is -1.13. The number of aliphatic carboxylic acids is 1. The van der Waals surface area contributed by atoms with Crippen molar-refractivity contribution in [2.45, 2.75) is 38.8 Å². The average molecular weight is 437 g/mol. The number of hydrogen-bond donors (Lipinski definition) is 3. The molecule has 4 N–H and O–H groups in total. The van der Waals surface area contributed by atoms with Crippen LogP contribution in [0.3, 0.4) is 0 Å². The number of Topliss-reactive ketones (excluding diaryl/α,β-unsaturated/α-hetero) is 1. The van der Waals surface area contributed by atoms with Crippen LogP contribution in [0.2, 0.25) is 0 Å². The Labute approximate surface area is 168 Å². The lowest BCUT2D eigenvalue weighted by Gasteiger charge is -2.41. The highest BCUT2D eigenvalue weighted by Crippen LogP contribution is 2.32. The van der Waals surface area contributed by atoms with Crippen LogP contribution in [0, 0.1) is 5.92 Å². The molecular weight excluding hydrogens is 416 g/mol. The number of carboxylic acid groups (broad SMARTS) is 1. The van der Waals surface area contributed by atoms with Crippen molar-refractivity contribution >= 4 is 50.1 Å². The maximum atomic E-state index is 12.8. The molecule has 3 atom stereocenters. The van der Waals surface area contributed by atoms with E-state index >= 15 is 0 Å². The number of ketones is 1. The molecule has 1 aromatic rings. The fraction of sp³-hybridized carbons (Fsp3) is 0.500. The molecule has 0 unspecified atom stereocenters. The van der Waals surface area contributed by atoms with Gasteiger partial charge in [0.1, 0.15) is 5.69 Å². The van der Waals surface area contributed by atoms with Crippen LogP contribution >= 0.6 is 11.3 Å². The minimum atomic E-state index is -4.80. The van der Waals surface area contributed by atoms with Gasteiger partial charge >= 0.3 is 16.3 Å². The van der Waals surface area contributed by atoms with E-state index in [1.54, 1.807) is 0 Å². The zero-order valence-corrected chi connectivity index (χ0v) is 16.2. The summed E-state index contributed by atoms with van der Waals surface area (Å²) in [4.78, 5) is 44.8. The van der Waals surface area contributed by atoms with Crippen LogP contribution in [0.1, 0.15) is 36.9 Å². The van der Waals surface area contributed by atoms with Crippen molar-refractivity contribution in [1.82, 2.24) is 9.29 Å². The molecule has 2 heterocycles. The zero-order valence-electron chi connectivity index (χ0n) is 17.5. The van der Waals surface area contributed by atoms with Crippen LogP contribution in [-0.4, -0.2) is 62.4 Å². The number of amides is 1. The number of aromatic nitrogens is 1. The van der Waals surface area contributed by atoms with Crippen molar-refractivity contribution in [2.24, 2.45) is 11.1 Å². The number of oxime groups is 1. The van der Waals surface area contributed by atoms with Gasteiger partial charge in [-0.15, -0.1) is 11.3 Å². The molecule has 1 amide bonds. The molecular formula is C14H18N4O8S2. The topological polar surface area (TPSA) is 190 Å². The van der Waals surface area contributed by atoms with Crippen LogP contribution in [0.25, 0.3) is 0 Å². The second-order valence-corrected chi connectivity index (χ2v) is 8.21. The van der Waals surface area contributed by atoms with Crippen molar-refractivity contribution in [2.75, 3.05) is 5.73 Å². The first-order chi connectivity index (χ1) is 14.0. The third kappa shape index (κ3) is 4.28. The third-order valence-electron chi connectivity index (χ3n) is 3.90. The molecule has 1 aliphatic heterocycles. The number of β-lactam (4-membered cyclic amide) rings is 1. The minimum Gasteiger partial charge on any atom is -0.478 e. The molecule has 2 rings (SSSR count). The normalized spacial score (nSPS) is 24.4. The van der Waals surface area contributed by atoms with E-state index in [1.165, 1.54) is 12.3 Å². The standard InChI is InChI=1S/C14H18N4O8S2/c1-6-7(11(20)18(6)28(23,24)25)4-9(19)10(8-5-27-13(15)16-8)17-26-14(2,3)12(21)22/h5-7H,4H2,1-3H3,(H2,15,16)(H,21,22)(H,23,24,25)/b17-10-/t6-,7-/m0/s1/i2D3/t6-,7-,14-. The van der Waals surface area contributed by atoms with Gasteiger partial charge in [-0.05, 0) is 20.7 Å². The summed E-state index contributed by atoms with van der Waals surface area (Å²) in [6, 6.07) is -1.04. The van der Waals surface area contributed by atoms with Crippen molar-refractivity contribution in [1.29, 1.82) is 0 Å². The van der Waals surface area contributed by atoms with Crippen LogP contribution in [0.4, 0.5) is 5.13 Å². The van der Waals surface area contributed by atoms with Gasteiger partial charge in [0.2, 0.25) is 11.5 Å². The van der Waals surface area contributed by atoms with E-state index in [1.807, 2.05) is 0 Å². The van der Waals surface area contributed by atoms with Gasteiger partial charge in [0.05, 0.1) is 12.0 Å². The zero-order chi connectivity index (χ0) is 23.9. The molecule has 1 aliphatic rings. The number of rotatable bonds is 8. The van der Waals surface area contributed by atoms with Gasteiger partial charge in [0, 0.05) is 15.9 Å². The van der Waals surface area contributed by atoms with Gasteiger partial charge in [-0.2, -0.15) is 8.42 Å². The van der Waals surface area contributed by atoms with Crippen LogP contribution < -0.4 is 5.73 Å². The quantitative estimate of drug-likeness (QED) is 0.214. The van der Waals surface area contributed by atoms with Gasteiger partial charge in [0.25, 0.3) is 0 Å². The Bertz CT molecular complexity index is 1050. The number of hydrogen-bond acceptors (Lipinski definition) is 10. The third-order valence-corrected chi connectivity index (χ3v) is 5.58. The van der Waals surface area contributed by atoms with E-state index in [2.05, 4.69) is 10.1 Å². The maximum absolute atomic E-state index is 12.8. The van der Waals surface area contributed by atoms with Gasteiger partial charge < -0.3 is 15.7 Å². The number of anilines is 1. The second-order valence-electron chi connectivity index (χ2n) is 6.03. The van der Waals surface area contributed by atoms with Gasteiger partial charge in [0.15, 0.2) is 16.6 Å². The predicted molar refractivity (Wildman–Crippen MR) is 96.8 cm³/mol. The summed E-state index contributed by atoms with van der Waals surface area (Å²) in [5.41, 5.74) is 1.96. The number of nitrogens with zero attached hydrogens (tertiary/aromatic N) is 3. The smallest absolute Gasteiger partial charge is 0.362 e. The van der Waals surface area contributed by atoms with Crippen molar-refractivity contribution in [3.8, 4) is 0 Å². The number of nitrogens with two attached hydrogens (primary N) is 1. The molecule has 1 saturated heterocycles. The van der Waals surface area contributed by atoms with Crippen molar-refractivity contribution in [3.05, 3.63) is 11.1 Å². The highest BCUT2D eigenvalue weighted by Gasteiger charge is 2.51. The van der Waals surface area contributed by atoms with Crippen molar-refractivity contribution in [3.63, 3.8) is 0 Å². The lowest BCUT2D eigenvalue weighted by atomic mass is 9.86. The molecule has 0 saturated carbocycles. The summed E-state index contributed by atoms with van der Waals surface area (Å²) >= 11 is 0.902. The molecule has 0 spiro atoms. The van der Waals surface area contributed by atoms with E-state index in [0.29, 0.717) is 0 Å². The van der Waals surface area contributed by atoms with Gasteiger partial charge in [-0.3, -0.25) is 14.1 Å². The first-order valence-electron chi connectivity index (χ1n) is 9.05. The first-order valence-corrected chi connectivity index (χ1v) is 9.83. The molecule has 0 bridgehead atoms. The summed E-state index contributed by atoms with van der Waals surface area (Å²) in [7, 11) is -4.80. The highest BCUT2D eigenvalue weighted by atomic mass is 32.2. The number of nitrogen functional groups attached to an aromatic ring is 1. The minimum absolute atomic E-state index is 0.0120. The Morgan fingerprint density at radius 2 is 2.21 bits per heavy atom. The summed E-state index contributed by atoms with van der Waals surface area (Å²) in [6.07, 6.45) is -0.594. The Balaban J connectivity index is 2.36. The molecule has 12 nitrogen and oxygen atoms in total. The van der Waals surface area contributed by atoms with E-state index in [-0.39, 0.29) is 15.1 Å².